The molecule has 1 aromatic heterocycles. The number of hydrogen-bond donors (Lipinski definition) is 2. The Balaban J connectivity index is 0.00000392. The Labute approximate surface area is 190 Å². The van der Waals surface area contributed by atoms with E-state index in [1.54, 1.807) is 24.4 Å². The Hall–Kier alpha value is -0.510. The smallest absolute Gasteiger partial charge is 0.744 e. The minimum Gasteiger partial charge on any atom is -0.744 e. The van der Waals surface area contributed by atoms with E-state index >= 15 is 0 Å². The van der Waals surface area contributed by atoms with Crippen LogP contribution in [0.3, 0.4) is 0 Å². The van der Waals surface area contributed by atoms with E-state index < -0.39 is 44.7 Å². The number of benzene rings is 1. The van der Waals surface area contributed by atoms with Crippen LogP contribution in [0, 0.1) is 0 Å². The van der Waals surface area contributed by atoms with Crippen LogP contribution in [0.4, 0.5) is 5.69 Å². The quantitative estimate of drug-likeness (QED) is 0.329. The Morgan fingerprint density at radius 3 is 2.18 bits per heavy atom. The molecular formula is C14H17N2NaO7S4. The molecule has 0 radical (unpaired) electrons. The molecule has 14 heteroatoms. The number of hydrogen-bond acceptors (Lipinski definition) is 9. The minimum atomic E-state index is -5.11. The van der Waals surface area contributed by atoms with E-state index in [2.05, 4.69) is 5.32 Å². The van der Waals surface area contributed by atoms with Gasteiger partial charge in [0.1, 0.15) is 15.0 Å². The predicted octanol–water partition coefficient (Wildman–Crippen LogP) is -1.90. The number of primary sulfonamides is 1. The van der Waals surface area contributed by atoms with Gasteiger partial charge in [0.15, 0.2) is 9.84 Å². The van der Waals surface area contributed by atoms with Gasteiger partial charge in [-0.3, -0.25) is 0 Å². The van der Waals surface area contributed by atoms with Crippen LogP contribution in [-0.4, -0.2) is 35.6 Å². The zero-order valence-electron chi connectivity index (χ0n) is 15.1. The van der Waals surface area contributed by atoms with E-state index in [1.807, 2.05) is 0 Å². The van der Waals surface area contributed by atoms with Crippen LogP contribution in [0.1, 0.15) is 18.2 Å². The van der Waals surface area contributed by atoms with Gasteiger partial charge in [0, 0.05) is 11.4 Å². The monoisotopic (exact) mass is 476 g/mol. The van der Waals surface area contributed by atoms with Gasteiger partial charge in [-0.2, -0.15) is 0 Å². The molecule has 0 amide bonds. The van der Waals surface area contributed by atoms with Crippen LogP contribution in [0.25, 0.3) is 0 Å². The molecule has 0 spiro atoms. The maximum atomic E-state index is 12.5. The predicted molar refractivity (Wildman–Crippen MR) is 99.8 cm³/mol. The van der Waals surface area contributed by atoms with Gasteiger partial charge in [-0.25, -0.2) is 30.4 Å². The van der Waals surface area contributed by atoms with Crippen LogP contribution < -0.4 is 40.0 Å². The van der Waals surface area contributed by atoms with Crippen molar-refractivity contribution in [3.8, 4) is 0 Å². The molecule has 0 aliphatic heterocycles. The minimum absolute atomic E-state index is 0. The fourth-order valence-corrected chi connectivity index (χ4v) is 6.48. The fraction of sp³-hybridized carbons (Fsp3) is 0.286. The van der Waals surface area contributed by atoms with Crippen molar-refractivity contribution < 1.29 is 59.4 Å². The summed E-state index contributed by atoms with van der Waals surface area (Å²) in [5.41, 5.74) is -0.305. The summed E-state index contributed by atoms with van der Waals surface area (Å²) in [5, 5.41) is 9.52. The molecular weight excluding hydrogens is 459 g/mol. The Morgan fingerprint density at radius 1 is 1.07 bits per heavy atom. The molecule has 3 N–H and O–H groups in total. The molecule has 0 saturated carbocycles. The van der Waals surface area contributed by atoms with E-state index in [0.29, 0.717) is 6.07 Å². The first-order valence-corrected chi connectivity index (χ1v) is 13.0. The number of sulfone groups is 1. The SMILES string of the molecule is CCCS(=O)(=O)c1cc(NCc2cccs2)c(S(=O)(=O)[O-])cc1S(N)(=O)=O.[Na+]. The third-order valence-electron chi connectivity index (χ3n) is 3.46. The van der Waals surface area contributed by atoms with Crippen molar-refractivity contribution in [2.45, 2.75) is 34.6 Å². The van der Waals surface area contributed by atoms with Crippen molar-refractivity contribution in [3.05, 3.63) is 34.5 Å². The zero-order chi connectivity index (χ0) is 20.5. The van der Waals surface area contributed by atoms with Crippen LogP contribution in [0.2, 0.25) is 0 Å². The van der Waals surface area contributed by atoms with Crippen molar-refractivity contribution in [1.82, 2.24) is 0 Å². The molecule has 0 atom stereocenters. The molecule has 0 saturated heterocycles. The Morgan fingerprint density at radius 2 is 1.71 bits per heavy atom. The summed E-state index contributed by atoms with van der Waals surface area (Å²) in [6.07, 6.45) is 0.200. The summed E-state index contributed by atoms with van der Waals surface area (Å²) in [6.45, 7) is 1.70. The average Bonchev–Trinajstić information content (AvgIpc) is 3.03. The van der Waals surface area contributed by atoms with Crippen molar-refractivity contribution in [1.29, 1.82) is 0 Å². The molecule has 2 rings (SSSR count). The summed E-state index contributed by atoms with van der Waals surface area (Å²) in [6, 6.07) is 4.84. The topological polar surface area (TPSA) is 164 Å². The molecule has 150 valence electrons. The Kier molecular flexibility index (Phi) is 8.69. The second-order valence-corrected chi connectivity index (χ2v) is 11.5. The maximum absolute atomic E-state index is 12.5. The van der Waals surface area contributed by atoms with Gasteiger partial charge < -0.3 is 9.87 Å². The normalized spacial score (nSPS) is 12.4. The van der Waals surface area contributed by atoms with Crippen molar-refractivity contribution >= 4 is 47.0 Å². The van der Waals surface area contributed by atoms with Crippen molar-refractivity contribution in [3.63, 3.8) is 0 Å². The van der Waals surface area contributed by atoms with Gasteiger partial charge in [-0.15, -0.1) is 11.3 Å². The third kappa shape index (κ3) is 6.24. The van der Waals surface area contributed by atoms with Crippen LogP contribution >= 0.6 is 11.3 Å². The first-order chi connectivity index (χ1) is 12.4. The van der Waals surface area contributed by atoms with Crippen molar-refractivity contribution in [2.24, 2.45) is 5.14 Å². The van der Waals surface area contributed by atoms with E-state index in [4.69, 9.17) is 5.14 Å². The summed E-state index contributed by atoms with van der Waals surface area (Å²) >= 11 is 1.36. The average molecular weight is 477 g/mol. The van der Waals surface area contributed by atoms with Gasteiger partial charge >= 0.3 is 29.6 Å². The maximum Gasteiger partial charge on any atom is 1.00 e. The zero-order valence-corrected chi connectivity index (χ0v) is 20.3. The molecule has 0 fully saturated rings. The van der Waals surface area contributed by atoms with Crippen LogP contribution in [0.5, 0.6) is 0 Å². The molecule has 0 aliphatic rings. The summed E-state index contributed by atoms with van der Waals surface area (Å²) in [5.74, 6) is -0.372. The van der Waals surface area contributed by atoms with Gasteiger partial charge in [0.05, 0.1) is 21.2 Å². The largest absolute Gasteiger partial charge is 1.00 e. The molecule has 1 aromatic carbocycles. The first kappa shape index (κ1) is 25.5. The number of sulfonamides is 1. The molecule has 0 bridgehead atoms. The Bertz CT molecular complexity index is 1140. The van der Waals surface area contributed by atoms with E-state index in [1.165, 1.54) is 11.3 Å². The van der Waals surface area contributed by atoms with E-state index in [9.17, 15) is 29.8 Å². The number of nitrogens with two attached hydrogens (primary N) is 1. The molecule has 9 nitrogen and oxygen atoms in total. The molecule has 0 unspecified atom stereocenters. The van der Waals surface area contributed by atoms with Gasteiger partial charge in [-0.1, -0.05) is 13.0 Å². The second kappa shape index (κ2) is 9.53. The van der Waals surface area contributed by atoms with Gasteiger partial charge in [0.2, 0.25) is 10.0 Å². The molecule has 1 heterocycles. The summed E-state index contributed by atoms with van der Waals surface area (Å²) in [7, 11) is -13.8. The van der Waals surface area contributed by atoms with Gasteiger partial charge in [-0.05, 0) is 30.0 Å². The molecule has 0 aliphatic carbocycles. The number of thiophene rings is 1. The fourth-order valence-electron chi connectivity index (χ4n) is 2.33. The number of rotatable bonds is 8. The molecule has 2 aromatic rings. The van der Waals surface area contributed by atoms with E-state index in [0.717, 1.165) is 10.9 Å². The van der Waals surface area contributed by atoms with Crippen molar-refractivity contribution in [2.75, 3.05) is 11.1 Å². The number of anilines is 1. The van der Waals surface area contributed by atoms with Crippen LogP contribution in [-0.2, 0) is 36.5 Å². The molecule has 28 heavy (non-hydrogen) atoms. The standard InChI is InChI=1S/C14H18N2O7S4.Na/c1-2-6-25(17,18)13-7-11(16-9-10-4-3-5-24-10)12(27(21,22)23)8-14(13)26(15,19)20;/h3-5,7-8,16H,2,6,9H2,1H3,(H2,15,19,20)(H,21,22,23);/q;+1/p-1. The second-order valence-electron chi connectivity index (χ2n) is 5.55. The summed E-state index contributed by atoms with van der Waals surface area (Å²) in [4.78, 5) is -1.67. The van der Waals surface area contributed by atoms with Crippen LogP contribution in [0.15, 0.2) is 44.3 Å². The number of nitrogens with one attached hydrogen (secondary N) is 1. The summed E-state index contributed by atoms with van der Waals surface area (Å²) < 4.78 is 83.4. The van der Waals surface area contributed by atoms with Gasteiger partial charge in [0.25, 0.3) is 0 Å². The first-order valence-electron chi connectivity index (χ1n) is 7.52. The third-order valence-corrected chi connectivity index (χ3v) is 8.25. The van der Waals surface area contributed by atoms with E-state index in [-0.39, 0.29) is 54.0 Å².